The van der Waals surface area contributed by atoms with Crippen molar-refractivity contribution in [1.29, 1.82) is 0 Å². The summed E-state index contributed by atoms with van der Waals surface area (Å²) < 4.78 is 5.92. The highest BCUT2D eigenvalue weighted by atomic mass is 16.7. The molecule has 0 fully saturated rings. The molecule has 0 radical (unpaired) electrons. The molecule has 2 rings (SSSR count). The molecule has 0 spiro atoms. The van der Waals surface area contributed by atoms with Gasteiger partial charge in [-0.25, -0.2) is 0 Å². The van der Waals surface area contributed by atoms with E-state index < -0.39 is 5.60 Å². The van der Waals surface area contributed by atoms with Crippen LogP contribution in [0.3, 0.4) is 0 Å². The maximum absolute atomic E-state index is 5.92. The fourth-order valence-corrected chi connectivity index (χ4v) is 1.55. The number of hydrogen-bond acceptors (Lipinski definition) is 3. The molecule has 0 aliphatic carbocycles. The van der Waals surface area contributed by atoms with E-state index in [4.69, 9.17) is 9.57 Å². The second-order valence-corrected chi connectivity index (χ2v) is 5.36. The molecule has 0 bridgehead atoms. The Balaban J connectivity index is 2.13. The number of ether oxygens (including phenoxy) is 1. The second kappa shape index (κ2) is 4.06. The monoisotopic (exact) mass is 233 g/mol. The van der Waals surface area contributed by atoms with Crippen molar-refractivity contribution >= 4 is 5.90 Å². The summed E-state index contributed by atoms with van der Waals surface area (Å²) in [4.78, 5) is 5.53. The summed E-state index contributed by atoms with van der Waals surface area (Å²) in [5.74, 6) is 0.639. The van der Waals surface area contributed by atoms with E-state index in [-0.39, 0.29) is 5.60 Å². The molecule has 0 aromatic heterocycles. The normalized spacial score (nSPS) is 21.1. The lowest BCUT2D eigenvalue weighted by molar-refractivity contribution is -0.166. The lowest BCUT2D eigenvalue weighted by Gasteiger charge is -2.42. The van der Waals surface area contributed by atoms with Crippen molar-refractivity contribution in [1.82, 2.24) is 0 Å². The number of oxime groups is 1. The second-order valence-electron chi connectivity index (χ2n) is 5.36. The van der Waals surface area contributed by atoms with Gasteiger partial charge in [-0.2, -0.15) is 0 Å². The minimum atomic E-state index is -0.410. The van der Waals surface area contributed by atoms with Gasteiger partial charge in [0.05, 0.1) is 6.42 Å². The minimum absolute atomic E-state index is 0.376. The first-order valence-corrected chi connectivity index (χ1v) is 5.89. The molecule has 1 aromatic carbocycles. The highest BCUT2D eigenvalue weighted by Crippen LogP contribution is 2.33. The third kappa shape index (κ3) is 2.43. The standard InChI is InChI=1S/C14H19NO2/c1-13(2)14(3,4)17-15-12(16-13)10-11-8-6-5-7-9-11/h5-9H,10H2,1-4H3. The van der Waals surface area contributed by atoms with E-state index >= 15 is 0 Å². The minimum Gasteiger partial charge on any atom is -0.468 e. The summed E-state index contributed by atoms with van der Waals surface area (Å²) >= 11 is 0. The average Bonchev–Trinajstić information content (AvgIpc) is 2.25. The molecule has 1 aliphatic heterocycles. The van der Waals surface area contributed by atoms with Crippen LogP contribution in [0.4, 0.5) is 0 Å². The van der Waals surface area contributed by atoms with E-state index in [0.717, 1.165) is 0 Å². The summed E-state index contributed by atoms with van der Waals surface area (Å²) in [5, 5.41) is 4.07. The molecule has 0 saturated carbocycles. The zero-order valence-corrected chi connectivity index (χ0v) is 10.9. The number of hydrogen-bond donors (Lipinski definition) is 0. The molecule has 3 heteroatoms. The zero-order valence-electron chi connectivity index (χ0n) is 10.9. The molecular weight excluding hydrogens is 214 g/mol. The van der Waals surface area contributed by atoms with E-state index in [2.05, 4.69) is 17.3 Å². The Kier molecular flexibility index (Phi) is 2.86. The van der Waals surface area contributed by atoms with Crippen molar-refractivity contribution in [3.05, 3.63) is 35.9 Å². The van der Waals surface area contributed by atoms with Crippen molar-refractivity contribution < 1.29 is 9.57 Å². The van der Waals surface area contributed by atoms with E-state index in [1.165, 1.54) is 5.56 Å². The molecule has 1 aromatic rings. The van der Waals surface area contributed by atoms with Crippen LogP contribution in [0.25, 0.3) is 0 Å². The fraction of sp³-hybridized carbons (Fsp3) is 0.500. The Labute approximate surface area is 102 Å². The van der Waals surface area contributed by atoms with Crippen molar-refractivity contribution in [2.75, 3.05) is 0 Å². The van der Waals surface area contributed by atoms with Gasteiger partial charge in [-0.3, -0.25) is 0 Å². The van der Waals surface area contributed by atoms with Crippen LogP contribution in [0.2, 0.25) is 0 Å². The van der Waals surface area contributed by atoms with Gasteiger partial charge in [0.1, 0.15) is 5.60 Å². The molecular formula is C14H19NO2. The third-order valence-electron chi connectivity index (χ3n) is 3.40. The van der Waals surface area contributed by atoms with Crippen LogP contribution in [-0.2, 0) is 16.0 Å². The largest absolute Gasteiger partial charge is 0.468 e. The Hall–Kier alpha value is -1.51. The smallest absolute Gasteiger partial charge is 0.230 e. The predicted molar refractivity (Wildman–Crippen MR) is 67.9 cm³/mol. The molecule has 17 heavy (non-hydrogen) atoms. The lowest BCUT2D eigenvalue weighted by atomic mass is 9.89. The summed E-state index contributed by atoms with van der Waals surface area (Å²) in [6.45, 7) is 8.00. The zero-order chi connectivity index (χ0) is 12.5. The highest BCUT2D eigenvalue weighted by molar-refractivity contribution is 5.79. The van der Waals surface area contributed by atoms with Crippen LogP contribution >= 0.6 is 0 Å². The van der Waals surface area contributed by atoms with E-state index in [1.54, 1.807) is 0 Å². The van der Waals surface area contributed by atoms with Gasteiger partial charge in [0.25, 0.3) is 0 Å². The summed E-state index contributed by atoms with van der Waals surface area (Å²) in [5.41, 5.74) is 0.386. The van der Waals surface area contributed by atoms with Crippen LogP contribution < -0.4 is 0 Å². The van der Waals surface area contributed by atoms with Crippen LogP contribution in [-0.4, -0.2) is 17.1 Å². The van der Waals surface area contributed by atoms with Crippen molar-refractivity contribution in [3.8, 4) is 0 Å². The molecule has 0 N–H and O–H groups in total. The molecule has 3 nitrogen and oxygen atoms in total. The molecule has 0 atom stereocenters. The molecule has 92 valence electrons. The first kappa shape index (κ1) is 12.0. The molecule has 0 saturated heterocycles. The summed E-state index contributed by atoms with van der Waals surface area (Å²) in [7, 11) is 0. The van der Waals surface area contributed by atoms with Gasteiger partial charge in [0, 0.05) is 0 Å². The van der Waals surface area contributed by atoms with Crippen molar-refractivity contribution in [2.24, 2.45) is 5.16 Å². The first-order chi connectivity index (χ1) is 7.91. The molecule has 1 aliphatic rings. The fourth-order valence-electron chi connectivity index (χ4n) is 1.55. The van der Waals surface area contributed by atoms with E-state index in [9.17, 15) is 0 Å². The third-order valence-corrected chi connectivity index (χ3v) is 3.40. The SMILES string of the molecule is CC1(C)ON=C(Cc2ccccc2)OC1(C)C. The van der Waals surface area contributed by atoms with Crippen LogP contribution in [0.15, 0.2) is 35.5 Å². The van der Waals surface area contributed by atoms with Crippen LogP contribution in [0.5, 0.6) is 0 Å². The van der Waals surface area contributed by atoms with Gasteiger partial charge >= 0.3 is 0 Å². The Morgan fingerprint density at radius 1 is 1.00 bits per heavy atom. The Morgan fingerprint density at radius 3 is 2.24 bits per heavy atom. The quantitative estimate of drug-likeness (QED) is 0.785. The Bertz CT molecular complexity index is 421. The lowest BCUT2D eigenvalue weighted by Crippen LogP contribution is -2.52. The Morgan fingerprint density at radius 2 is 1.65 bits per heavy atom. The maximum Gasteiger partial charge on any atom is 0.230 e. The van der Waals surface area contributed by atoms with Crippen molar-refractivity contribution in [3.63, 3.8) is 0 Å². The van der Waals surface area contributed by atoms with Crippen LogP contribution in [0, 0.1) is 0 Å². The van der Waals surface area contributed by atoms with Gasteiger partial charge in [-0.15, -0.1) is 0 Å². The topological polar surface area (TPSA) is 30.8 Å². The highest BCUT2D eigenvalue weighted by Gasteiger charge is 2.45. The number of rotatable bonds is 2. The summed E-state index contributed by atoms with van der Waals surface area (Å²) in [6.07, 6.45) is 0.667. The van der Waals surface area contributed by atoms with Gasteiger partial charge < -0.3 is 9.57 Å². The van der Waals surface area contributed by atoms with Crippen LogP contribution in [0.1, 0.15) is 33.3 Å². The van der Waals surface area contributed by atoms with Crippen molar-refractivity contribution in [2.45, 2.75) is 45.3 Å². The molecule has 0 unspecified atom stereocenters. The predicted octanol–water partition coefficient (Wildman–Crippen LogP) is 3.15. The molecule has 0 amide bonds. The van der Waals surface area contributed by atoms with Gasteiger partial charge in [0.15, 0.2) is 5.60 Å². The van der Waals surface area contributed by atoms with E-state index in [1.807, 2.05) is 45.9 Å². The molecule has 1 heterocycles. The van der Waals surface area contributed by atoms with E-state index in [0.29, 0.717) is 12.3 Å². The van der Waals surface area contributed by atoms with Gasteiger partial charge in [0.2, 0.25) is 5.90 Å². The number of nitrogens with zero attached hydrogens (tertiary/aromatic N) is 1. The maximum atomic E-state index is 5.92. The summed E-state index contributed by atoms with van der Waals surface area (Å²) in [6, 6.07) is 10.1. The first-order valence-electron chi connectivity index (χ1n) is 5.89. The average molecular weight is 233 g/mol. The number of benzene rings is 1. The van der Waals surface area contributed by atoms with Gasteiger partial charge in [-0.05, 0) is 33.3 Å². The van der Waals surface area contributed by atoms with Gasteiger partial charge in [-0.1, -0.05) is 35.5 Å².